The fraction of sp³-hybridized carbons (Fsp3) is 0.600. The monoisotopic (exact) mass is 275 g/mol. The summed E-state index contributed by atoms with van der Waals surface area (Å²) in [6.45, 7) is 3.79. The van der Waals surface area contributed by atoms with Crippen molar-refractivity contribution in [2.45, 2.75) is 19.3 Å². The molecule has 20 heavy (non-hydrogen) atoms. The molecule has 0 bridgehead atoms. The highest BCUT2D eigenvalue weighted by molar-refractivity contribution is 5.95. The quantitative estimate of drug-likeness (QED) is 0.840. The van der Waals surface area contributed by atoms with Crippen molar-refractivity contribution in [2.75, 3.05) is 33.2 Å². The van der Waals surface area contributed by atoms with Crippen LogP contribution in [-0.4, -0.2) is 59.0 Å². The number of likely N-dealkylation sites (tertiary alicyclic amines) is 2. The molecule has 1 amide bonds. The van der Waals surface area contributed by atoms with E-state index in [1.807, 2.05) is 4.90 Å². The number of carbonyl (C=O) groups is 1. The molecule has 0 radical (unpaired) electrons. The number of rotatable bonds is 1. The maximum atomic E-state index is 12.5. The average Bonchev–Trinajstić information content (AvgIpc) is 2.87. The summed E-state index contributed by atoms with van der Waals surface area (Å²) in [4.78, 5) is 20.7. The van der Waals surface area contributed by atoms with E-state index in [1.165, 1.54) is 6.07 Å². The van der Waals surface area contributed by atoms with Crippen LogP contribution in [0.5, 0.6) is 5.75 Å². The zero-order valence-corrected chi connectivity index (χ0v) is 11.9. The third-order valence-corrected chi connectivity index (χ3v) is 4.76. The smallest absolute Gasteiger partial charge is 0.276 e. The third kappa shape index (κ3) is 2.38. The molecule has 0 aromatic carbocycles. The van der Waals surface area contributed by atoms with Gasteiger partial charge in [0.2, 0.25) is 0 Å². The molecule has 0 unspecified atom stereocenters. The Hall–Kier alpha value is -1.62. The Morgan fingerprint density at radius 2 is 2.00 bits per heavy atom. The topological polar surface area (TPSA) is 56.7 Å². The van der Waals surface area contributed by atoms with Gasteiger partial charge in [-0.05, 0) is 56.9 Å². The predicted octanol–water partition coefficient (Wildman–Crippen LogP) is 1.35. The standard InChI is InChI=1S/C15H21N3O2/c1-17-8-4-15(5-9-17)6-10-18(11-15)14(20)13-12(19)3-2-7-16-13/h2-3,7,19H,4-6,8-11H2,1H3. The fourth-order valence-electron chi connectivity index (χ4n) is 3.32. The Morgan fingerprint density at radius 1 is 1.30 bits per heavy atom. The molecule has 1 N–H and O–H groups in total. The van der Waals surface area contributed by atoms with Crippen molar-refractivity contribution in [3.63, 3.8) is 0 Å². The van der Waals surface area contributed by atoms with Crippen LogP contribution < -0.4 is 0 Å². The van der Waals surface area contributed by atoms with Crippen LogP contribution in [0.3, 0.4) is 0 Å². The van der Waals surface area contributed by atoms with Gasteiger partial charge >= 0.3 is 0 Å². The van der Waals surface area contributed by atoms with Crippen molar-refractivity contribution in [1.29, 1.82) is 0 Å². The molecule has 1 spiro atoms. The van der Waals surface area contributed by atoms with Crippen LogP contribution in [0, 0.1) is 5.41 Å². The van der Waals surface area contributed by atoms with E-state index in [0.29, 0.717) is 0 Å². The lowest BCUT2D eigenvalue weighted by atomic mass is 9.78. The summed E-state index contributed by atoms with van der Waals surface area (Å²) in [5.74, 6) is -0.166. The number of nitrogens with zero attached hydrogens (tertiary/aromatic N) is 3. The Balaban J connectivity index is 1.71. The van der Waals surface area contributed by atoms with Crippen molar-refractivity contribution in [3.05, 3.63) is 24.0 Å². The minimum absolute atomic E-state index is 0.0261. The van der Waals surface area contributed by atoms with Gasteiger partial charge in [-0.2, -0.15) is 0 Å². The van der Waals surface area contributed by atoms with E-state index in [0.717, 1.165) is 45.4 Å². The first-order valence-electron chi connectivity index (χ1n) is 7.21. The third-order valence-electron chi connectivity index (χ3n) is 4.76. The Bertz CT molecular complexity index is 510. The number of pyridine rings is 1. The second-order valence-corrected chi connectivity index (χ2v) is 6.15. The van der Waals surface area contributed by atoms with Crippen molar-refractivity contribution < 1.29 is 9.90 Å². The number of hydrogen-bond acceptors (Lipinski definition) is 4. The first-order valence-corrected chi connectivity index (χ1v) is 7.21. The molecular weight excluding hydrogens is 254 g/mol. The fourth-order valence-corrected chi connectivity index (χ4v) is 3.32. The van der Waals surface area contributed by atoms with Crippen molar-refractivity contribution in [2.24, 2.45) is 5.41 Å². The maximum Gasteiger partial charge on any atom is 0.276 e. The predicted molar refractivity (Wildman–Crippen MR) is 75.6 cm³/mol. The molecule has 2 saturated heterocycles. The molecule has 0 aliphatic carbocycles. The summed E-state index contributed by atoms with van der Waals surface area (Å²) >= 11 is 0. The number of aromatic hydroxyl groups is 1. The van der Waals surface area contributed by atoms with Gasteiger partial charge in [-0.3, -0.25) is 4.79 Å². The molecule has 2 aliphatic heterocycles. The van der Waals surface area contributed by atoms with Gasteiger partial charge in [-0.1, -0.05) is 0 Å². The number of aromatic nitrogens is 1. The summed E-state index contributed by atoms with van der Waals surface area (Å²) in [6, 6.07) is 3.15. The van der Waals surface area contributed by atoms with Gasteiger partial charge in [-0.15, -0.1) is 0 Å². The van der Waals surface area contributed by atoms with Crippen LogP contribution in [0.25, 0.3) is 0 Å². The molecular formula is C15H21N3O2. The highest BCUT2D eigenvalue weighted by Crippen LogP contribution is 2.40. The Labute approximate surface area is 119 Å². The molecule has 3 heterocycles. The SMILES string of the molecule is CN1CCC2(CC1)CCN(C(=O)c1ncccc1O)C2. The van der Waals surface area contributed by atoms with Gasteiger partial charge < -0.3 is 14.9 Å². The summed E-state index contributed by atoms with van der Waals surface area (Å²) in [6.07, 6.45) is 4.93. The van der Waals surface area contributed by atoms with Gasteiger partial charge in [0.05, 0.1) is 0 Å². The molecule has 1 aromatic heterocycles. The highest BCUT2D eigenvalue weighted by Gasteiger charge is 2.42. The maximum absolute atomic E-state index is 12.5. The first kappa shape index (κ1) is 13.4. The second kappa shape index (κ2) is 5.05. The number of carbonyl (C=O) groups excluding carboxylic acids is 1. The lowest BCUT2D eigenvalue weighted by Crippen LogP contribution is -2.40. The minimum atomic E-state index is -0.140. The van der Waals surface area contributed by atoms with Crippen molar-refractivity contribution >= 4 is 5.91 Å². The molecule has 5 heteroatoms. The molecule has 0 atom stereocenters. The largest absolute Gasteiger partial charge is 0.505 e. The molecule has 1 aromatic rings. The summed E-state index contributed by atoms with van der Waals surface area (Å²) in [7, 11) is 2.15. The summed E-state index contributed by atoms with van der Waals surface area (Å²) in [5, 5.41) is 9.76. The molecule has 2 aliphatic rings. The van der Waals surface area contributed by atoms with Gasteiger partial charge in [0.15, 0.2) is 5.69 Å². The van der Waals surface area contributed by atoms with Crippen molar-refractivity contribution in [1.82, 2.24) is 14.8 Å². The van der Waals surface area contributed by atoms with Gasteiger partial charge in [-0.25, -0.2) is 4.98 Å². The van der Waals surface area contributed by atoms with Gasteiger partial charge in [0.1, 0.15) is 5.75 Å². The van der Waals surface area contributed by atoms with E-state index in [-0.39, 0.29) is 22.8 Å². The second-order valence-electron chi connectivity index (χ2n) is 6.15. The Kier molecular flexibility index (Phi) is 3.38. The van der Waals surface area contributed by atoms with Gasteiger partial charge in [0, 0.05) is 19.3 Å². The zero-order valence-electron chi connectivity index (χ0n) is 11.9. The Morgan fingerprint density at radius 3 is 2.70 bits per heavy atom. The van der Waals surface area contributed by atoms with Crippen LogP contribution in [-0.2, 0) is 0 Å². The molecule has 0 saturated carbocycles. The molecule has 108 valence electrons. The number of piperidine rings is 1. The summed E-state index contributed by atoms with van der Waals surface area (Å²) < 4.78 is 0. The van der Waals surface area contributed by atoms with Gasteiger partial charge in [0.25, 0.3) is 5.91 Å². The molecule has 2 fully saturated rings. The summed E-state index contributed by atoms with van der Waals surface area (Å²) in [5.41, 5.74) is 0.463. The minimum Gasteiger partial charge on any atom is -0.505 e. The lowest BCUT2D eigenvalue weighted by molar-refractivity contribution is 0.0728. The van der Waals surface area contributed by atoms with E-state index < -0.39 is 0 Å². The normalized spacial score (nSPS) is 22.4. The van der Waals surface area contributed by atoms with Crippen LogP contribution in [0.4, 0.5) is 0 Å². The van der Waals surface area contributed by atoms with Crippen LogP contribution >= 0.6 is 0 Å². The van der Waals surface area contributed by atoms with Crippen LogP contribution in [0.15, 0.2) is 18.3 Å². The van der Waals surface area contributed by atoms with E-state index in [9.17, 15) is 9.90 Å². The highest BCUT2D eigenvalue weighted by atomic mass is 16.3. The van der Waals surface area contributed by atoms with E-state index in [1.54, 1.807) is 12.3 Å². The number of amides is 1. The van der Waals surface area contributed by atoms with Crippen LogP contribution in [0.1, 0.15) is 29.8 Å². The zero-order chi connectivity index (χ0) is 14.2. The number of hydrogen-bond donors (Lipinski definition) is 1. The first-order chi connectivity index (χ1) is 9.60. The molecule has 5 nitrogen and oxygen atoms in total. The average molecular weight is 275 g/mol. The van der Waals surface area contributed by atoms with E-state index in [4.69, 9.17) is 0 Å². The van der Waals surface area contributed by atoms with E-state index in [2.05, 4.69) is 16.9 Å². The van der Waals surface area contributed by atoms with Crippen molar-refractivity contribution in [3.8, 4) is 5.75 Å². The van der Waals surface area contributed by atoms with E-state index >= 15 is 0 Å². The lowest BCUT2D eigenvalue weighted by Gasteiger charge is -2.37. The van der Waals surface area contributed by atoms with Crippen LogP contribution in [0.2, 0.25) is 0 Å². The molecule has 3 rings (SSSR count).